The van der Waals surface area contributed by atoms with Crippen LogP contribution < -0.4 is 0 Å². The highest BCUT2D eigenvalue weighted by molar-refractivity contribution is 7.08. The third-order valence-electron chi connectivity index (χ3n) is 5.55. The summed E-state index contributed by atoms with van der Waals surface area (Å²) in [5, 5.41) is 3.85. The van der Waals surface area contributed by atoms with E-state index < -0.39 is 0 Å². The predicted molar refractivity (Wildman–Crippen MR) is 85.8 cm³/mol. The summed E-state index contributed by atoms with van der Waals surface area (Å²) in [6.45, 7) is 3.33. The number of hydrogen-bond donors (Lipinski definition) is 0. The van der Waals surface area contributed by atoms with Crippen molar-refractivity contribution in [2.75, 3.05) is 26.2 Å². The second kappa shape index (κ2) is 5.37. The first-order valence-electron chi connectivity index (χ1n) is 8.29. The van der Waals surface area contributed by atoms with Crippen LogP contribution in [-0.4, -0.2) is 47.8 Å². The van der Waals surface area contributed by atoms with Crippen molar-refractivity contribution in [3.63, 3.8) is 0 Å². The van der Waals surface area contributed by atoms with Crippen molar-refractivity contribution >= 4 is 23.2 Å². The van der Waals surface area contributed by atoms with E-state index >= 15 is 0 Å². The van der Waals surface area contributed by atoms with Gasteiger partial charge in [-0.1, -0.05) is 0 Å². The number of rotatable bonds is 3. The van der Waals surface area contributed by atoms with E-state index in [9.17, 15) is 9.59 Å². The SMILES string of the molecule is O=C(c1ccsc1)N1CCC2(CC1)CCN(CC1CC1)C2=O. The van der Waals surface area contributed by atoms with Crippen molar-refractivity contribution in [1.29, 1.82) is 0 Å². The number of amides is 2. The highest BCUT2D eigenvalue weighted by atomic mass is 32.1. The first kappa shape index (κ1) is 14.2. The van der Waals surface area contributed by atoms with Gasteiger partial charge in [-0.25, -0.2) is 0 Å². The van der Waals surface area contributed by atoms with Gasteiger partial charge in [0.1, 0.15) is 0 Å². The number of carbonyl (C=O) groups is 2. The zero-order valence-electron chi connectivity index (χ0n) is 12.8. The van der Waals surface area contributed by atoms with Gasteiger partial charge < -0.3 is 9.80 Å². The molecule has 0 bridgehead atoms. The second-order valence-electron chi connectivity index (χ2n) is 7.03. The molecule has 4 rings (SSSR count). The van der Waals surface area contributed by atoms with Crippen LogP contribution in [0.4, 0.5) is 0 Å². The Bertz CT molecular complexity index is 571. The minimum Gasteiger partial charge on any atom is -0.342 e. The van der Waals surface area contributed by atoms with Gasteiger partial charge in [0, 0.05) is 31.6 Å². The lowest BCUT2D eigenvalue weighted by Crippen LogP contribution is -2.46. The monoisotopic (exact) mass is 318 g/mol. The van der Waals surface area contributed by atoms with Crippen molar-refractivity contribution in [2.45, 2.75) is 32.1 Å². The summed E-state index contributed by atoms with van der Waals surface area (Å²) in [6.07, 6.45) is 5.24. The molecule has 118 valence electrons. The summed E-state index contributed by atoms with van der Waals surface area (Å²) in [4.78, 5) is 29.2. The fourth-order valence-corrected chi connectivity index (χ4v) is 4.48. The Kier molecular flexibility index (Phi) is 3.48. The molecule has 0 radical (unpaired) electrons. The molecule has 3 fully saturated rings. The molecule has 1 saturated carbocycles. The molecule has 2 aliphatic heterocycles. The van der Waals surface area contributed by atoms with Gasteiger partial charge in [0.25, 0.3) is 5.91 Å². The van der Waals surface area contributed by atoms with E-state index in [4.69, 9.17) is 0 Å². The molecule has 1 aromatic heterocycles. The lowest BCUT2D eigenvalue weighted by molar-refractivity contribution is -0.138. The van der Waals surface area contributed by atoms with Crippen molar-refractivity contribution in [1.82, 2.24) is 9.80 Å². The topological polar surface area (TPSA) is 40.6 Å². The average Bonchev–Trinajstić information content (AvgIpc) is 3.09. The average molecular weight is 318 g/mol. The van der Waals surface area contributed by atoms with Crippen LogP contribution in [0.2, 0.25) is 0 Å². The van der Waals surface area contributed by atoms with E-state index in [2.05, 4.69) is 4.90 Å². The Morgan fingerprint density at radius 1 is 1.23 bits per heavy atom. The van der Waals surface area contributed by atoms with Crippen LogP contribution in [0.15, 0.2) is 16.8 Å². The van der Waals surface area contributed by atoms with Gasteiger partial charge in [0.2, 0.25) is 5.91 Å². The summed E-state index contributed by atoms with van der Waals surface area (Å²) in [5.41, 5.74) is 0.620. The molecule has 1 aromatic rings. The first-order valence-corrected chi connectivity index (χ1v) is 9.23. The van der Waals surface area contributed by atoms with E-state index in [1.165, 1.54) is 12.8 Å². The van der Waals surface area contributed by atoms with Crippen molar-refractivity contribution in [3.8, 4) is 0 Å². The number of hydrogen-bond acceptors (Lipinski definition) is 3. The fraction of sp³-hybridized carbons (Fsp3) is 0.647. The molecule has 1 spiro atoms. The van der Waals surface area contributed by atoms with Gasteiger partial charge in [-0.2, -0.15) is 11.3 Å². The van der Waals surface area contributed by atoms with Crippen LogP contribution in [0.25, 0.3) is 0 Å². The Hall–Kier alpha value is -1.36. The minimum atomic E-state index is -0.166. The lowest BCUT2D eigenvalue weighted by atomic mass is 9.77. The Morgan fingerprint density at radius 3 is 2.59 bits per heavy atom. The van der Waals surface area contributed by atoms with E-state index in [-0.39, 0.29) is 11.3 Å². The number of thiophene rings is 1. The third kappa shape index (κ3) is 2.45. The van der Waals surface area contributed by atoms with Crippen LogP contribution in [0.5, 0.6) is 0 Å². The van der Waals surface area contributed by atoms with Gasteiger partial charge in [-0.3, -0.25) is 9.59 Å². The number of nitrogens with zero attached hydrogens (tertiary/aromatic N) is 2. The number of piperidine rings is 1. The van der Waals surface area contributed by atoms with Crippen LogP contribution in [0, 0.1) is 11.3 Å². The molecular weight excluding hydrogens is 296 g/mol. The van der Waals surface area contributed by atoms with Crippen molar-refractivity contribution in [3.05, 3.63) is 22.4 Å². The van der Waals surface area contributed by atoms with Crippen LogP contribution in [-0.2, 0) is 4.79 Å². The smallest absolute Gasteiger partial charge is 0.254 e. The maximum absolute atomic E-state index is 12.8. The lowest BCUT2D eigenvalue weighted by Gasteiger charge is -2.38. The molecule has 0 unspecified atom stereocenters. The molecule has 0 N–H and O–H groups in total. The minimum absolute atomic E-state index is 0.122. The van der Waals surface area contributed by atoms with Gasteiger partial charge in [-0.05, 0) is 49.5 Å². The first-order chi connectivity index (χ1) is 10.7. The van der Waals surface area contributed by atoms with Crippen molar-refractivity contribution in [2.24, 2.45) is 11.3 Å². The Labute approximate surface area is 135 Å². The zero-order valence-corrected chi connectivity index (χ0v) is 13.6. The second-order valence-corrected chi connectivity index (χ2v) is 7.81. The van der Waals surface area contributed by atoms with Gasteiger partial charge in [-0.15, -0.1) is 0 Å². The van der Waals surface area contributed by atoms with E-state index in [0.717, 1.165) is 56.9 Å². The van der Waals surface area contributed by atoms with Crippen LogP contribution in [0.3, 0.4) is 0 Å². The normalized spacial score (nSPS) is 24.3. The fourth-order valence-electron chi connectivity index (χ4n) is 3.85. The molecule has 3 heterocycles. The van der Waals surface area contributed by atoms with E-state index in [1.807, 2.05) is 21.7 Å². The maximum atomic E-state index is 12.8. The molecular formula is C17H22N2O2S. The van der Waals surface area contributed by atoms with Crippen LogP contribution in [0.1, 0.15) is 42.5 Å². The zero-order chi connectivity index (χ0) is 15.2. The highest BCUT2D eigenvalue weighted by Gasteiger charge is 2.49. The molecule has 1 aliphatic carbocycles. The van der Waals surface area contributed by atoms with E-state index in [1.54, 1.807) is 11.3 Å². The summed E-state index contributed by atoms with van der Waals surface area (Å²) >= 11 is 1.55. The third-order valence-corrected chi connectivity index (χ3v) is 6.24. The van der Waals surface area contributed by atoms with Crippen LogP contribution >= 0.6 is 11.3 Å². The van der Waals surface area contributed by atoms with Gasteiger partial charge in [0.05, 0.1) is 11.0 Å². The number of likely N-dealkylation sites (tertiary alicyclic amines) is 2. The molecule has 2 saturated heterocycles. The largest absolute Gasteiger partial charge is 0.342 e. The summed E-state index contributed by atoms with van der Waals surface area (Å²) in [7, 11) is 0. The van der Waals surface area contributed by atoms with E-state index in [0.29, 0.717) is 5.91 Å². The molecule has 0 aromatic carbocycles. The molecule has 3 aliphatic rings. The molecule has 4 nitrogen and oxygen atoms in total. The Balaban J connectivity index is 1.39. The predicted octanol–water partition coefficient (Wildman–Crippen LogP) is 2.61. The molecule has 22 heavy (non-hydrogen) atoms. The molecule has 2 amide bonds. The summed E-state index contributed by atoms with van der Waals surface area (Å²) < 4.78 is 0. The van der Waals surface area contributed by atoms with Gasteiger partial charge >= 0.3 is 0 Å². The Morgan fingerprint density at radius 2 is 1.95 bits per heavy atom. The molecule has 0 atom stereocenters. The number of carbonyl (C=O) groups excluding carboxylic acids is 2. The highest BCUT2D eigenvalue weighted by Crippen LogP contribution is 2.43. The standard InChI is InChI=1S/C17H22N2O2S/c20-15(14-3-10-22-12-14)18-7-4-17(5-8-18)6-9-19(16(17)21)11-13-1-2-13/h3,10,12-13H,1-2,4-9,11H2. The van der Waals surface area contributed by atoms with Gasteiger partial charge in [0.15, 0.2) is 0 Å². The van der Waals surface area contributed by atoms with Crippen molar-refractivity contribution < 1.29 is 9.59 Å². The summed E-state index contributed by atoms with van der Waals surface area (Å²) in [5.74, 6) is 1.25. The molecule has 5 heteroatoms. The quantitative estimate of drug-likeness (QED) is 0.859. The maximum Gasteiger partial charge on any atom is 0.254 e. The summed E-state index contributed by atoms with van der Waals surface area (Å²) in [6, 6.07) is 1.88.